The smallest absolute Gasteiger partial charge is 0.270 e. The molecular weight excluding hydrogens is 345 g/mol. The molecule has 1 aromatic heterocycles. The summed E-state index contributed by atoms with van der Waals surface area (Å²) in [7, 11) is 0. The molecule has 0 radical (unpaired) electrons. The van der Waals surface area contributed by atoms with Gasteiger partial charge < -0.3 is 10.6 Å². The average molecular weight is 363 g/mol. The summed E-state index contributed by atoms with van der Waals surface area (Å²) in [4.78, 5) is 28.8. The van der Waals surface area contributed by atoms with Crippen LogP contribution in [0.4, 0.5) is 10.1 Å². The van der Waals surface area contributed by atoms with Crippen molar-refractivity contribution in [3.63, 3.8) is 0 Å². The van der Waals surface area contributed by atoms with Crippen molar-refractivity contribution in [3.05, 3.63) is 95.6 Å². The molecule has 6 heteroatoms. The molecule has 3 aromatic rings. The van der Waals surface area contributed by atoms with E-state index in [9.17, 15) is 14.0 Å². The minimum atomic E-state index is -0.533. The first kappa shape index (κ1) is 18.3. The molecule has 0 bridgehead atoms. The number of anilines is 1. The quantitative estimate of drug-likeness (QED) is 0.721. The first-order valence-corrected chi connectivity index (χ1v) is 8.42. The Morgan fingerprint density at radius 3 is 2.41 bits per heavy atom. The first-order valence-electron chi connectivity index (χ1n) is 8.42. The van der Waals surface area contributed by atoms with Crippen LogP contribution in [0.5, 0.6) is 0 Å². The summed E-state index contributed by atoms with van der Waals surface area (Å²) in [5.74, 6) is -1.45. The fourth-order valence-corrected chi connectivity index (χ4v) is 2.55. The molecule has 136 valence electrons. The Kier molecular flexibility index (Phi) is 5.56. The predicted octanol–water partition coefficient (Wildman–Crippen LogP) is 3.96. The molecule has 0 spiro atoms. The predicted molar refractivity (Wildman–Crippen MR) is 101 cm³/mol. The number of amides is 2. The summed E-state index contributed by atoms with van der Waals surface area (Å²) in [5, 5.41) is 5.33. The minimum Gasteiger partial charge on any atom is -0.344 e. The van der Waals surface area contributed by atoms with Crippen LogP contribution < -0.4 is 10.6 Å². The lowest BCUT2D eigenvalue weighted by Gasteiger charge is -2.14. The van der Waals surface area contributed by atoms with Crippen molar-refractivity contribution in [1.82, 2.24) is 10.3 Å². The van der Waals surface area contributed by atoms with Crippen molar-refractivity contribution in [2.75, 3.05) is 5.32 Å². The van der Waals surface area contributed by atoms with Crippen molar-refractivity contribution in [1.29, 1.82) is 0 Å². The van der Waals surface area contributed by atoms with Crippen LogP contribution in [-0.2, 0) is 0 Å². The molecule has 0 saturated carbocycles. The third-order valence-corrected chi connectivity index (χ3v) is 4.02. The maximum Gasteiger partial charge on any atom is 0.270 e. The van der Waals surface area contributed by atoms with Crippen LogP contribution in [0.2, 0.25) is 0 Å². The van der Waals surface area contributed by atoms with E-state index in [2.05, 4.69) is 15.6 Å². The third-order valence-electron chi connectivity index (χ3n) is 4.02. The molecular formula is C21H18FN3O2. The van der Waals surface area contributed by atoms with Crippen LogP contribution in [0.3, 0.4) is 0 Å². The Morgan fingerprint density at radius 2 is 1.67 bits per heavy atom. The molecule has 1 unspecified atom stereocenters. The van der Waals surface area contributed by atoms with E-state index < -0.39 is 17.6 Å². The van der Waals surface area contributed by atoms with Gasteiger partial charge in [-0.2, -0.15) is 0 Å². The van der Waals surface area contributed by atoms with Gasteiger partial charge in [0.15, 0.2) is 0 Å². The summed E-state index contributed by atoms with van der Waals surface area (Å²) in [6.07, 6.45) is 1.37. The summed E-state index contributed by atoms with van der Waals surface area (Å²) in [5.41, 5.74) is 1.35. The van der Waals surface area contributed by atoms with Crippen molar-refractivity contribution in [2.24, 2.45) is 0 Å². The van der Waals surface area contributed by atoms with Crippen LogP contribution in [0.25, 0.3) is 0 Å². The van der Waals surface area contributed by atoms with Crippen LogP contribution in [0.1, 0.15) is 39.4 Å². The number of aromatic nitrogens is 1. The highest BCUT2D eigenvalue weighted by atomic mass is 19.1. The lowest BCUT2D eigenvalue weighted by atomic mass is 10.1. The van der Waals surface area contributed by atoms with Gasteiger partial charge in [0.25, 0.3) is 11.8 Å². The topological polar surface area (TPSA) is 71.1 Å². The van der Waals surface area contributed by atoms with E-state index in [1.165, 1.54) is 36.5 Å². The van der Waals surface area contributed by atoms with E-state index >= 15 is 0 Å². The van der Waals surface area contributed by atoms with Crippen molar-refractivity contribution < 1.29 is 14.0 Å². The molecule has 2 aromatic carbocycles. The average Bonchev–Trinajstić information content (AvgIpc) is 2.70. The van der Waals surface area contributed by atoms with Gasteiger partial charge in [-0.1, -0.05) is 42.5 Å². The van der Waals surface area contributed by atoms with Gasteiger partial charge in [-0.3, -0.25) is 14.6 Å². The van der Waals surface area contributed by atoms with E-state index in [1.54, 1.807) is 6.07 Å². The van der Waals surface area contributed by atoms with Crippen molar-refractivity contribution in [2.45, 2.75) is 13.0 Å². The molecule has 1 atom stereocenters. The Labute approximate surface area is 156 Å². The SMILES string of the molecule is CC(NC(=O)c1cc(C(=O)Nc2ccccc2F)ccn1)c1ccccc1. The molecule has 0 saturated heterocycles. The van der Waals surface area contributed by atoms with Gasteiger partial charge in [-0.15, -0.1) is 0 Å². The number of carbonyl (C=O) groups excluding carboxylic acids is 2. The lowest BCUT2D eigenvalue weighted by Crippen LogP contribution is -2.27. The van der Waals surface area contributed by atoms with Gasteiger partial charge in [0.1, 0.15) is 11.5 Å². The van der Waals surface area contributed by atoms with E-state index in [0.29, 0.717) is 0 Å². The monoisotopic (exact) mass is 363 g/mol. The second-order valence-electron chi connectivity index (χ2n) is 5.97. The Hall–Kier alpha value is -3.54. The minimum absolute atomic E-state index is 0.0722. The number of halogens is 1. The number of para-hydroxylation sites is 1. The summed E-state index contributed by atoms with van der Waals surface area (Å²) < 4.78 is 13.7. The highest BCUT2D eigenvalue weighted by Gasteiger charge is 2.15. The largest absolute Gasteiger partial charge is 0.344 e. The molecule has 3 rings (SSSR count). The first-order chi connectivity index (χ1) is 13.0. The molecule has 0 aliphatic heterocycles. The summed E-state index contributed by atoms with van der Waals surface area (Å²) in [6.45, 7) is 1.86. The zero-order valence-electron chi connectivity index (χ0n) is 14.6. The van der Waals surface area contributed by atoms with E-state index in [4.69, 9.17) is 0 Å². The summed E-state index contributed by atoms with van der Waals surface area (Å²) in [6, 6.07) is 18.0. The Bertz CT molecular complexity index is 960. The molecule has 0 aliphatic rings. The fourth-order valence-electron chi connectivity index (χ4n) is 2.55. The van der Waals surface area contributed by atoms with Gasteiger partial charge in [0.05, 0.1) is 11.7 Å². The normalized spacial score (nSPS) is 11.5. The van der Waals surface area contributed by atoms with Crippen molar-refractivity contribution in [3.8, 4) is 0 Å². The van der Waals surface area contributed by atoms with Gasteiger partial charge in [-0.25, -0.2) is 4.39 Å². The third kappa shape index (κ3) is 4.55. The number of benzene rings is 2. The Balaban J connectivity index is 1.72. The molecule has 5 nitrogen and oxygen atoms in total. The number of pyridine rings is 1. The van der Waals surface area contributed by atoms with E-state index in [1.807, 2.05) is 37.3 Å². The number of hydrogen-bond acceptors (Lipinski definition) is 3. The van der Waals surface area contributed by atoms with Crippen LogP contribution in [0.15, 0.2) is 72.9 Å². The maximum absolute atomic E-state index is 13.7. The van der Waals surface area contributed by atoms with E-state index in [0.717, 1.165) is 5.56 Å². The maximum atomic E-state index is 13.7. The second-order valence-corrected chi connectivity index (χ2v) is 5.97. The number of nitrogens with one attached hydrogen (secondary N) is 2. The Morgan fingerprint density at radius 1 is 0.963 bits per heavy atom. The fraction of sp³-hybridized carbons (Fsp3) is 0.0952. The second kappa shape index (κ2) is 8.23. The molecule has 0 aliphatic carbocycles. The molecule has 0 fully saturated rings. The standard InChI is InChI=1S/C21H18FN3O2/c1-14(15-7-3-2-4-8-15)24-21(27)19-13-16(11-12-23-19)20(26)25-18-10-6-5-9-17(18)22/h2-14H,1H3,(H,24,27)(H,25,26). The number of hydrogen-bond donors (Lipinski definition) is 2. The zero-order chi connectivity index (χ0) is 19.2. The molecule has 1 heterocycles. The number of rotatable bonds is 5. The molecule has 2 N–H and O–H groups in total. The highest BCUT2D eigenvalue weighted by molar-refractivity contribution is 6.05. The molecule has 27 heavy (non-hydrogen) atoms. The lowest BCUT2D eigenvalue weighted by molar-refractivity contribution is 0.0935. The highest BCUT2D eigenvalue weighted by Crippen LogP contribution is 2.15. The van der Waals surface area contributed by atoms with Crippen LogP contribution in [-0.4, -0.2) is 16.8 Å². The zero-order valence-corrected chi connectivity index (χ0v) is 14.6. The molecule has 2 amide bonds. The number of carbonyl (C=O) groups is 2. The van der Waals surface area contributed by atoms with Gasteiger partial charge in [-0.05, 0) is 36.8 Å². The van der Waals surface area contributed by atoms with Crippen LogP contribution >= 0.6 is 0 Å². The van der Waals surface area contributed by atoms with Gasteiger partial charge in [0.2, 0.25) is 0 Å². The van der Waals surface area contributed by atoms with E-state index in [-0.39, 0.29) is 23.0 Å². The summed E-state index contributed by atoms with van der Waals surface area (Å²) >= 11 is 0. The van der Waals surface area contributed by atoms with Crippen molar-refractivity contribution >= 4 is 17.5 Å². The number of nitrogens with zero attached hydrogens (tertiary/aromatic N) is 1. The van der Waals surface area contributed by atoms with Gasteiger partial charge >= 0.3 is 0 Å². The van der Waals surface area contributed by atoms with Gasteiger partial charge in [0, 0.05) is 11.8 Å². The van der Waals surface area contributed by atoms with Crippen LogP contribution in [0, 0.1) is 5.82 Å².